The van der Waals surface area contributed by atoms with E-state index in [0.717, 1.165) is 12.8 Å². The monoisotopic (exact) mass is 304 g/mol. The maximum absolute atomic E-state index is 12.0. The minimum absolute atomic E-state index is 0.268. The summed E-state index contributed by atoms with van der Waals surface area (Å²) in [5.41, 5.74) is 2.39. The van der Waals surface area contributed by atoms with Gasteiger partial charge in [-0.1, -0.05) is 71.4 Å². The van der Waals surface area contributed by atoms with Crippen molar-refractivity contribution in [2.75, 3.05) is 0 Å². The Kier molecular flexibility index (Phi) is 4.18. The van der Waals surface area contributed by atoms with Gasteiger partial charge in [-0.25, -0.2) is 0 Å². The van der Waals surface area contributed by atoms with E-state index < -0.39 is 4.32 Å². The SMILES string of the molecule is CCCC(=O)C1(Br)C=CC(c2ccccc2)=CC1. The fourth-order valence-electron chi connectivity index (χ4n) is 2.10. The van der Waals surface area contributed by atoms with Gasteiger partial charge in [0.25, 0.3) is 0 Å². The zero-order chi connectivity index (χ0) is 13.0. The summed E-state index contributed by atoms with van der Waals surface area (Å²) in [4.78, 5) is 12.0. The Bertz CT molecular complexity index is 487. The summed E-state index contributed by atoms with van der Waals surface area (Å²) in [6, 6.07) is 10.2. The van der Waals surface area contributed by atoms with Crippen molar-refractivity contribution in [2.45, 2.75) is 30.5 Å². The molecule has 0 N–H and O–H groups in total. The Morgan fingerprint density at radius 3 is 2.61 bits per heavy atom. The van der Waals surface area contributed by atoms with Gasteiger partial charge in [0.1, 0.15) is 4.32 Å². The van der Waals surface area contributed by atoms with Gasteiger partial charge in [-0.05, 0) is 24.0 Å². The first-order valence-electron chi connectivity index (χ1n) is 6.33. The number of ketones is 1. The molecular formula is C16H17BrO. The molecule has 1 unspecified atom stereocenters. The summed E-state index contributed by atoms with van der Waals surface area (Å²) in [7, 11) is 0. The lowest BCUT2D eigenvalue weighted by atomic mass is 9.89. The highest BCUT2D eigenvalue weighted by Gasteiger charge is 2.32. The van der Waals surface area contributed by atoms with Crippen molar-refractivity contribution in [1.82, 2.24) is 0 Å². The van der Waals surface area contributed by atoms with Crippen molar-refractivity contribution >= 4 is 27.3 Å². The third-order valence-corrected chi connectivity index (χ3v) is 4.22. The topological polar surface area (TPSA) is 17.1 Å². The number of alkyl halides is 1. The minimum Gasteiger partial charge on any atom is -0.298 e. The number of allylic oxidation sites excluding steroid dienone is 4. The molecule has 2 rings (SSSR count). The average molecular weight is 305 g/mol. The van der Waals surface area contributed by atoms with Gasteiger partial charge in [0.05, 0.1) is 0 Å². The van der Waals surface area contributed by atoms with Crippen LogP contribution in [0.1, 0.15) is 31.7 Å². The summed E-state index contributed by atoms with van der Waals surface area (Å²) in [5, 5.41) is 0. The summed E-state index contributed by atoms with van der Waals surface area (Å²) in [6.45, 7) is 2.03. The second kappa shape index (κ2) is 5.66. The van der Waals surface area contributed by atoms with Crippen LogP contribution in [-0.2, 0) is 4.79 Å². The highest BCUT2D eigenvalue weighted by Crippen LogP contribution is 2.34. The number of hydrogen-bond donors (Lipinski definition) is 0. The molecule has 1 atom stereocenters. The molecule has 0 bridgehead atoms. The Labute approximate surface area is 117 Å². The molecule has 1 aromatic rings. The molecule has 18 heavy (non-hydrogen) atoms. The fourth-order valence-corrected chi connectivity index (χ4v) is 2.60. The summed E-state index contributed by atoms with van der Waals surface area (Å²) in [6.07, 6.45) is 8.43. The van der Waals surface area contributed by atoms with Gasteiger partial charge >= 0.3 is 0 Å². The van der Waals surface area contributed by atoms with Gasteiger partial charge < -0.3 is 0 Å². The normalized spacial score (nSPS) is 22.7. The Morgan fingerprint density at radius 2 is 2.06 bits per heavy atom. The molecule has 0 aromatic heterocycles. The zero-order valence-corrected chi connectivity index (χ0v) is 12.1. The van der Waals surface area contributed by atoms with E-state index >= 15 is 0 Å². The van der Waals surface area contributed by atoms with Crippen LogP contribution in [0.5, 0.6) is 0 Å². The standard InChI is InChI=1S/C16H17BrO/c1-2-6-15(18)16(17)11-9-14(10-12-16)13-7-4-3-5-8-13/h3-5,7-11H,2,6,12H2,1H3. The molecule has 1 aliphatic carbocycles. The second-order valence-corrected chi connectivity index (χ2v) is 6.01. The van der Waals surface area contributed by atoms with Crippen molar-refractivity contribution < 1.29 is 4.79 Å². The predicted octanol–water partition coefficient (Wildman–Crippen LogP) is 4.53. The van der Waals surface area contributed by atoms with E-state index in [4.69, 9.17) is 0 Å². The van der Waals surface area contributed by atoms with Crippen molar-refractivity contribution in [3.63, 3.8) is 0 Å². The number of carbonyl (C=O) groups excluding carboxylic acids is 1. The van der Waals surface area contributed by atoms with Crippen LogP contribution in [-0.4, -0.2) is 10.1 Å². The third kappa shape index (κ3) is 2.81. The third-order valence-electron chi connectivity index (χ3n) is 3.19. The van der Waals surface area contributed by atoms with E-state index in [-0.39, 0.29) is 5.78 Å². The lowest BCUT2D eigenvalue weighted by molar-refractivity contribution is -0.120. The molecule has 0 saturated heterocycles. The maximum Gasteiger partial charge on any atom is 0.153 e. The fraction of sp³-hybridized carbons (Fsp3) is 0.312. The molecule has 0 saturated carbocycles. The molecule has 1 aliphatic rings. The van der Waals surface area contributed by atoms with Crippen molar-refractivity contribution in [1.29, 1.82) is 0 Å². The molecule has 0 aliphatic heterocycles. The van der Waals surface area contributed by atoms with Crippen LogP contribution in [0.4, 0.5) is 0 Å². The van der Waals surface area contributed by atoms with Gasteiger partial charge in [0.15, 0.2) is 5.78 Å². The van der Waals surface area contributed by atoms with Crippen LogP contribution in [0, 0.1) is 0 Å². The van der Waals surface area contributed by atoms with Crippen molar-refractivity contribution in [3.05, 3.63) is 54.1 Å². The molecule has 2 heteroatoms. The van der Waals surface area contributed by atoms with Gasteiger partial charge in [-0.2, -0.15) is 0 Å². The summed E-state index contributed by atoms with van der Waals surface area (Å²) < 4.78 is -0.485. The molecule has 0 heterocycles. The molecule has 0 spiro atoms. The quantitative estimate of drug-likeness (QED) is 0.747. The molecule has 1 aromatic carbocycles. The Hall–Kier alpha value is -1.15. The molecule has 0 fully saturated rings. The first-order valence-corrected chi connectivity index (χ1v) is 7.12. The van der Waals surface area contributed by atoms with E-state index in [1.807, 2.05) is 37.3 Å². The molecular weight excluding hydrogens is 288 g/mol. The predicted molar refractivity (Wildman–Crippen MR) is 79.7 cm³/mol. The lowest BCUT2D eigenvalue weighted by Crippen LogP contribution is -2.30. The molecule has 94 valence electrons. The number of hydrogen-bond acceptors (Lipinski definition) is 1. The highest BCUT2D eigenvalue weighted by atomic mass is 79.9. The zero-order valence-electron chi connectivity index (χ0n) is 10.5. The maximum atomic E-state index is 12.0. The van der Waals surface area contributed by atoms with Gasteiger partial charge in [-0.3, -0.25) is 4.79 Å². The van der Waals surface area contributed by atoms with Crippen LogP contribution in [0.25, 0.3) is 5.57 Å². The summed E-state index contributed by atoms with van der Waals surface area (Å²) in [5.74, 6) is 0.268. The van der Waals surface area contributed by atoms with E-state index in [9.17, 15) is 4.79 Å². The number of Topliss-reactive ketones (excluding diaryl/α,β-unsaturated/α-hetero) is 1. The summed E-state index contributed by atoms with van der Waals surface area (Å²) >= 11 is 3.58. The van der Waals surface area contributed by atoms with E-state index in [1.165, 1.54) is 11.1 Å². The molecule has 0 radical (unpaired) electrons. The van der Waals surface area contributed by atoms with Crippen LogP contribution < -0.4 is 0 Å². The first kappa shape index (κ1) is 13.3. The van der Waals surface area contributed by atoms with Crippen molar-refractivity contribution in [2.24, 2.45) is 0 Å². The first-order chi connectivity index (χ1) is 8.65. The van der Waals surface area contributed by atoms with E-state index in [2.05, 4.69) is 34.1 Å². The largest absolute Gasteiger partial charge is 0.298 e. The number of benzene rings is 1. The van der Waals surface area contributed by atoms with E-state index in [1.54, 1.807) is 0 Å². The molecule has 1 nitrogen and oxygen atoms in total. The lowest BCUT2D eigenvalue weighted by Gasteiger charge is -2.24. The number of halogens is 1. The highest BCUT2D eigenvalue weighted by molar-refractivity contribution is 9.10. The van der Waals surface area contributed by atoms with Gasteiger partial charge in [0, 0.05) is 6.42 Å². The van der Waals surface area contributed by atoms with Gasteiger partial charge in [-0.15, -0.1) is 0 Å². The van der Waals surface area contributed by atoms with Crippen LogP contribution in [0.2, 0.25) is 0 Å². The van der Waals surface area contributed by atoms with Crippen LogP contribution >= 0.6 is 15.9 Å². The Balaban J connectivity index is 2.14. The number of rotatable bonds is 4. The number of carbonyl (C=O) groups is 1. The van der Waals surface area contributed by atoms with E-state index in [0.29, 0.717) is 6.42 Å². The molecule has 0 amide bonds. The van der Waals surface area contributed by atoms with Gasteiger partial charge in [0.2, 0.25) is 0 Å². The second-order valence-electron chi connectivity index (χ2n) is 4.60. The Morgan fingerprint density at radius 1 is 1.33 bits per heavy atom. The van der Waals surface area contributed by atoms with Crippen LogP contribution in [0.15, 0.2) is 48.6 Å². The van der Waals surface area contributed by atoms with Crippen LogP contribution in [0.3, 0.4) is 0 Å². The van der Waals surface area contributed by atoms with Crippen molar-refractivity contribution in [3.8, 4) is 0 Å². The smallest absolute Gasteiger partial charge is 0.153 e. The minimum atomic E-state index is -0.485. The average Bonchev–Trinajstić information content (AvgIpc) is 2.41.